The van der Waals surface area contributed by atoms with Crippen LogP contribution in [0.15, 0.2) is 42.5 Å². The first-order chi connectivity index (χ1) is 17.6. The zero-order valence-electron chi connectivity index (χ0n) is 23.1. The van der Waals surface area contributed by atoms with Crippen molar-refractivity contribution in [3.63, 3.8) is 0 Å². The van der Waals surface area contributed by atoms with Crippen LogP contribution in [0.2, 0.25) is 18.1 Å². The van der Waals surface area contributed by atoms with Crippen LogP contribution in [0.25, 0.3) is 10.9 Å². The molecule has 4 rings (SSSR count). The average Bonchev–Trinajstić information content (AvgIpc) is 2.90. The van der Waals surface area contributed by atoms with E-state index in [0.717, 1.165) is 60.6 Å². The Labute approximate surface area is 222 Å². The van der Waals surface area contributed by atoms with E-state index in [1.807, 2.05) is 18.2 Å². The van der Waals surface area contributed by atoms with Gasteiger partial charge in [-0.1, -0.05) is 39.0 Å². The number of hydrogen-bond donors (Lipinski definition) is 1. The molecule has 3 aromatic rings. The van der Waals surface area contributed by atoms with E-state index in [2.05, 4.69) is 79.3 Å². The molecular weight excluding hydrogens is 476 g/mol. The lowest BCUT2D eigenvalue weighted by atomic mass is 9.88. The van der Waals surface area contributed by atoms with E-state index in [0.29, 0.717) is 18.3 Å². The second-order valence-electron chi connectivity index (χ2n) is 11.3. The molecule has 2 aromatic carbocycles. The van der Waals surface area contributed by atoms with Crippen LogP contribution in [0, 0.1) is 12.3 Å². The predicted molar refractivity (Wildman–Crippen MR) is 156 cm³/mol. The number of piperidine rings is 1. The van der Waals surface area contributed by atoms with Gasteiger partial charge in [0.25, 0.3) is 0 Å². The third-order valence-electron chi connectivity index (χ3n) is 7.88. The van der Waals surface area contributed by atoms with Crippen molar-refractivity contribution in [3.05, 3.63) is 53.9 Å². The van der Waals surface area contributed by atoms with Crippen molar-refractivity contribution in [3.8, 4) is 18.1 Å². The summed E-state index contributed by atoms with van der Waals surface area (Å²) in [6.07, 6.45) is 7.77. The Morgan fingerprint density at radius 3 is 2.51 bits per heavy atom. The smallest absolute Gasteiger partial charge is 0.207 e. The molecule has 196 valence electrons. The number of fused-ring (bicyclic) bond motifs is 1. The van der Waals surface area contributed by atoms with E-state index in [1.165, 1.54) is 5.56 Å². The molecule has 0 atom stereocenters. The predicted octanol–water partition coefficient (Wildman–Crippen LogP) is 6.44. The fourth-order valence-corrected chi connectivity index (χ4v) is 5.70. The van der Waals surface area contributed by atoms with Crippen molar-refractivity contribution in [2.45, 2.75) is 57.7 Å². The van der Waals surface area contributed by atoms with E-state index in [4.69, 9.17) is 20.6 Å². The van der Waals surface area contributed by atoms with Gasteiger partial charge in [0.15, 0.2) is 8.32 Å². The fourth-order valence-electron chi connectivity index (χ4n) is 4.65. The first-order valence-electron chi connectivity index (χ1n) is 13.2. The zero-order valence-corrected chi connectivity index (χ0v) is 24.1. The van der Waals surface area contributed by atoms with Crippen LogP contribution in [0.1, 0.15) is 50.9 Å². The van der Waals surface area contributed by atoms with Crippen molar-refractivity contribution in [2.75, 3.05) is 43.6 Å². The molecule has 6 nitrogen and oxygen atoms in total. The van der Waals surface area contributed by atoms with E-state index in [-0.39, 0.29) is 5.04 Å². The van der Waals surface area contributed by atoms with Crippen molar-refractivity contribution < 1.29 is 9.16 Å². The molecule has 0 radical (unpaired) electrons. The number of terminal acetylenes is 1. The maximum Gasteiger partial charge on any atom is 0.207 e. The molecule has 1 aliphatic rings. The normalized spacial score (nSPS) is 15.0. The summed E-state index contributed by atoms with van der Waals surface area (Å²) in [5.41, 5.74) is 3.19. The first-order valence-corrected chi connectivity index (χ1v) is 16.1. The zero-order chi connectivity index (χ0) is 26.6. The molecule has 2 heterocycles. The lowest BCUT2D eigenvalue weighted by molar-refractivity contribution is 0.301. The number of hydrogen-bond acceptors (Lipinski definition) is 6. The van der Waals surface area contributed by atoms with Gasteiger partial charge in [0.05, 0.1) is 19.2 Å². The van der Waals surface area contributed by atoms with Crippen molar-refractivity contribution in [1.29, 1.82) is 0 Å². The Kier molecular flexibility index (Phi) is 8.10. The quantitative estimate of drug-likeness (QED) is 0.211. The van der Waals surface area contributed by atoms with Gasteiger partial charge in [-0.2, -0.15) is 0 Å². The summed E-state index contributed by atoms with van der Waals surface area (Å²) in [6, 6.07) is 14.6. The Bertz CT molecular complexity index is 1270. The maximum absolute atomic E-state index is 6.33. The van der Waals surface area contributed by atoms with Gasteiger partial charge in [-0.3, -0.25) is 0 Å². The number of anilines is 2. The van der Waals surface area contributed by atoms with E-state index in [1.54, 1.807) is 7.11 Å². The van der Waals surface area contributed by atoms with Crippen LogP contribution in [-0.2, 0) is 4.43 Å². The number of para-hydroxylation sites is 1. The van der Waals surface area contributed by atoms with Crippen LogP contribution in [0.3, 0.4) is 0 Å². The molecule has 0 amide bonds. The van der Waals surface area contributed by atoms with Crippen molar-refractivity contribution >= 4 is 30.7 Å². The largest absolute Gasteiger partial charge is 0.496 e. The standard InChI is InChI=1S/C30H40N4O2Si/c1-8-28-32-26-14-13-23(31-17-20-36-37(6,7)30(2,3)4)21-25(26)29(33-28)34-18-15-22(16-19-34)24-11-9-10-12-27(24)35-5/h1,9-14,21-22,31H,15-20H2,2-7H3. The third kappa shape index (κ3) is 6.08. The highest BCUT2D eigenvalue weighted by Gasteiger charge is 2.36. The number of rotatable bonds is 8. The molecule has 0 saturated carbocycles. The lowest BCUT2D eigenvalue weighted by Gasteiger charge is -2.36. The Morgan fingerprint density at radius 1 is 1.11 bits per heavy atom. The number of benzene rings is 2. The van der Waals surface area contributed by atoms with Gasteiger partial charge in [-0.05, 0) is 72.6 Å². The number of methoxy groups -OCH3 is 1. The molecule has 7 heteroatoms. The summed E-state index contributed by atoms with van der Waals surface area (Å²) < 4.78 is 11.9. The Balaban J connectivity index is 1.50. The lowest BCUT2D eigenvalue weighted by Crippen LogP contribution is -2.41. The molecule has 0 spiro atoms. The molecule has 0 unspecified atom stereocenters. The van der Waals surface area contributed by atoms with Crippen LogP contribution in [-0.4, -0.2) is 51.6 Å². The first kappa shape index (κ1) is 27.0. The van der Waals surface area contributed by atoms with Crippen LogP contribution in [0.5, 0.6) is 5.75 Å². The minimum absolute atomic E-state index is 0.204. The number of nitrogens with zero attached hydrogens (tertiary/aromatic N) is 3. The summed E-state index contributed by atoms with van der Waals surface area (Å²) >= 11 is 0. The van der Waals surface area contributed by atoms with Gasteiger partial charge >= 0.3 is 0 Å². The Morgan fingerprint density at radius 2 is 1.84 bits per heavy atom. The maximum atomic E-state index is 6.33. The molecule has 1 saturated heterocycles. The van der Waals surface area contributed by atoms with E-state index < -0.39 is 8.32 Å². The van der Waals surface area contributed by atoms with E-state index in [9.17, 15) is 0 Å². The molecular formula is C30H40N4O2Si. The highest BCUT2D eigenvalue weighted by atomic mass is 28.4. The molecule has 1 aliphatic heterocycles. The molecule has 0 aliphatic carbocycles. The average molecular weight is 517 g/mol. The highest BCUT2D eigenvalue weighted by Crippen LogP contribution is 2.37. The fraction of sp³-hybridized carbons (Fsp3) is 0.467. The van der Waals surface area contributed by atoms with Gasteiger partial charge in [0, 0.05) is 30.7 Å². The van der Waals surface area contributed by atoms with Gasteiger partial charge in [0.1, 0.15) is 11.6 Å². The molecule has 0 bridgehead atoms. The van der Waals surface area contributed by atoms with Crippen molar-refractivity contribution in [1.82, 2.24) is 9.97 Å². The molecule has 1 aromatic heterocycles. The summed E-state index contributed by atoms with van der Waals surface area (Å²) in [5, 5.41) is 4.75. The summed E-state index contributed by atoms with van der Waals surface area (Å²) in [4.78, 5) is 11.7. The summed E-state index contributed by atoms with van der Waals surface area (Å²) in [5.74, 6) is 5.41. The monoisotopic (exact) mass is 516 g/mol. The Hall–Kier alpha value is -3.08. The topological polar surface area (TPSA) is 59.5 Å². The SMILES string of the molecule is C#Cc1nc(N2CCC(c3ccccc3OC)CC2)c2cc(NCCO[Si](C)(C)C(C)(C)C)ccc2n1. The second-order valence-corrected chi connectivity index (χ2v) is 16.1. The van der Waals surface area contributed by atoms with Gasteiger partial charge in [-0.15, -0.1) is 6.42 Å². The number of ether oxygens (including phenoxy) is 1. The minimum Gasteiger partial charge on any atom is -0.496 e. The third-order valence-corrected chi connectivity index (χ3v) is 12.4. The molecule has 1 N–H and O–H groups in total. The minimum atomic E-state index is -1.76. The van der Waals surface area contributed by atoms with Gasteiger partial charge in [0.2, 0.25) is 5.82 Å². The number of aromatic nitrogens is 2. The van der Waals surface area contributed by atoms with Crippen LogP contribution in [0.4, 0.5) is 11.5 Å². The second kappa shape index (κ2) is 11.1. The van der Waals surface area contributed by atoms with E-state index >= 15 is 0 Å². The summed E-state index contributed by atoms with van der Waals surface area (Å²) in [7, 11) is -0.0151. The summed E-state index contributed by atoms with van der Waals surface area (Å²) in [6.45, 7) is 14.6. The highest BCUT2D eigenvalue weighted by molar-refractivity contribution is 6.74. The molecule has 1 fully saturated rings. The van der Waals surface area contributed by atoms with Crippen LogP contribution >= 0.6 is 0 Å². The van der Waals surface area contributed by atoms with Gasteiger partial charge in [-0.25, -0.2) is 9.97 Å². The number of nitrogens with one attached hydrogen (secondary N) is 1. The van der Waals surface area contributed by atoms with Gasteiger partial charge < -0.3 is 19.4 Å². The van der Waals surface area contributed by atoms with Crippen LogP contribution < -0.4 is 15.0 Å². The molecule has 37 heavy (non-hydrogen) atoms. The van der Waals surface area contributed by atoms with Crippen molar-refractivity contribution in [2.24, 2.45) is 0 Å².